The number of para-hydroxylation sites is 1. The number of benzene rings is 2. The Kier molecular flexibility index (Phi) is 3.52. The average molecular weight is 325 g/mol. The molecule has 1 aliphatic heterocycles. The molecule has 1 heterocycles. The van der Waals surface area contributed by atoms with Crippen molar-refractivity contribution in [2.24, 2.45) is 0 Å². The van der Waals surface area contributed by atoms with Crippen LogP contribution in [0, 0.1) is 11.3 Å². The number of nitriles is 1. The van der Waals surface area contributed by atoms with Crippen LogP contribution in [0.25, 0.3) is 0 Å². The van der Waals surface area contributed by atoms with Gasteiger partial charge in [-0.1, -0.05) is 41.9 Å². The molecule has 1 fully saturated rings. The highest BCUT2D eigenvalue weighted by molar-refractivity contribution is 6.33. The highest BCUT2D eigenvalue weighted by Crippen LogP contribution is 2.44. The zero-order valence-electron chi connectivity index (χ0n) is 12.8. The summed E-state index contributed by atoms with van der Waals surface area (Å²) in [6, 6.07) is 16.3. The fourth-order valence-electron chi connectivity index (χ4n) is 3.87. The summed E-state index contributed by atoms with van der Waals surface area (Å²) in [5.74, 6) is 0. The van der Waals surface area contributed by atoms with Gasteiger partial charge in [0.15, 0.2) is 0 Å². The van der Waals surface area contributed by atoms with Crippen molar-refractivity contribution in [3.05, 3.63) is 64.2 Å². The van der Waals surface area contributed by atoms with Gasteiger partial charge in [-0.15, -0.1) is 0 Å². The first kappa shape index (κ1) is 14.6. The Balaban J connectivity index is 1.74. The van der Waals surface area contributed by atoms with Crippen molar-refractivity contribution in [2.75, 3.05) is 24.6 Å². The number of halogens is 1. The summed E-state index contributed by atoms with van der Waals surface area (Å²) in [7, 11) is 0. The lowest BCUT2D eigenvalue weighted by Gasteiger charge is -2.42. The maximum absolute atomic E-state index is 9.42. The first-order valence-corrected chi connectivity index (χ1v) is 8.27. The Morgan fingerprint density at radius 2 is 2.04 bits per heavy atom. The number of fused-ring (bicyclic) bond motifs is 2. The lowest BCUT2D eigenvalue weighted by Crippen LogP contribution is -2.49. The fraction of sp³-hybridized carbons (Fsp3) is 0.316. The van der Waals surface area contributed by atoms with Crippen LogP contribution in [0.1, 0.15) is 23.1 Å². The van der Waals surface area contributed by atoms with Crippen LogP contribution in [0.3, 0.4) is 0 Å². The Morgan fingerprint density at radius 1 is 1.17 bits per heavy atom. The second kappa shape index (κ2) is 5.56. The van der Waals surface area contributed by atoms with E-state index in [0.717, 1.165) is 31.6 Å². The SMILES string of the molecule is N#Cc1cccc(Cl)c1N1CCOC2(CCc3ccccc32)C1. The van der Waals surface area contributed by atoms with E-state index in [1.807, 2.05) is 18.2 Å². The fourth-order valence-corrected chi connectivity index (χ4v) is 4.16. The molecule has 0 bridgehead atoms. The van der Waals surface area contributed by atoms with E-state index in [9.17, 15) is 5.26 Å². The van der Waals surface area contributed by atoms with Crippen LogP contribution in [0.15, 0.2) is 42.5 Å². The molecule has 3 nitrogen and oxygen atoms in total. The first-order valence-electron chi connectivity index (χ1n) is 7.89. The molecule has 0 N–H and O–H groups in total. The third-order valence-corrected chi connectivity index (χ3v) is 5.22. The van der Waals surface area contributed by atoms with Gasteiger partial charge in [-0.2, -0.15) is 5.26 Å². The van der Waals surface area contributed by atoms with Crippen molar-refractivity contribution in [2.45, 2.75) is 18.4 Å². The second-order valence-corrected chi connectivity index (χ2v) is 6.58. The van der Waals surface area contributed by atoms with Crippen molar-refractivity contribution >= 4 is 17.3 Å². The number of morpholine rings is 1. The van der Waals surface area contributed by atoms with E-state index in [-0.39, 0.29) is 5.60 Å². The van der Waals surface area contributed by atoms with Gasteiger partial charge in [-0.25, -0.2) is 0 Å². The van der Waals surface area contributed by atoms with Gasteiger partial charge in [0.25, 0.3) is 0 Å². The van der Waals surface area contributed by atoms with Gasteiger partial charge in [0.1, 0.15) is 11.7 Å². The molecular weight excluding hydrogens is 308 g/mol. The number of aryl methyl sites for hydroxylation is 1. The predicted molar refractivity (Wildman–Crippen MR) is 90.8 cm³/mol. The van der Waals surface area contributed by atoms with E-state index in [1.54, 1.807) is 0 Å². The molecule has 4 heteroatoms. The molecule has 23 heavy (non-hydrogen) atoms. The number of nitrogens with zero attached hydrogens (tertiary/aromatic N) is 2. The Labute approximate surface area is 141 Å². The summed E-state index contributed by atoms with van der Waals surface area (Å²) < 4.78 is 6.25. The van der Waals surface area contributed by atoms with Crippen LogP contribution in [0.5, 0.6) is 0 Å². The van der Waals surface area contributed by atoms with Crippen LogP contribution < -0.4 is 4.90 Å². The van der Waals surface area contributed by atoms with Crippen molar-refractivity contribution in [3.63, 3.8) is 0 Å². The summed E-state index contributed by atoms with van der Waals surface area (Å²) in [5.41, 5.74) is 3.84. The van der Waals surface area contributed by atoms with Gasteiger partial charge in [-0.05, 0) is 36.1 Å². The van der Waals surface area contributed by atoms with Crippen molar-refractivity contribution in [1.82, 2.24) is 0 Å². The summed E-state index contributed by atoms with van der Waals surface area (Å²) in [5, 5.41) is 10.1. The van der Waals surface area contributed by atoms with Crippen LogP contribution in [0.4, 0.5) is 5.69 Å². The Hall–Kier alpha value is -2.02. The molecule has 4 rings (SSSR count). The largest absolute Gasteiger partial charge is 0.367 e. The summed E-state index contributed by atoms with van der Waals surface area (Å²) in [6.45, 7) is 2.13. The molecule has 2 aromatic rings. The zero-order valence-corrected chi connectivity index (χ0v) is 13.5. The molecule has 0 amide bonds. The third-order valence-electron chi connectivity index (χ3n) is 4.92. The highest BCUT2D eigenvalue weighted by Gasteiger charge is 2.43. The summed E-state index contributed by atoms with van der Waals surface area (Å²) >= 11 is 6.40. The van der Waals surface area contributed by atoms with E-state index in [2.05, 4.69) is 35.2 Å². The van der Waals surface area contributed by atoms with Crippen LogP contribution >= 0.6 is 11.6 Å². The molecule has 0 saturated carbocycles. The minimum atomic E-state index is -0.277. The minimum Gasteiger partial charge on any atom is -0.367 e. The predicted octanol–water partition coefficient (Wildman–Crippen LogP) is 3.89. The lowest BCUT2D eigenvalue weighted by molar-refractivity contribution is -0.0592. The monoisotopic (exact) mass is 324 g/mol. The van der Waals surface area contributed by atoms with Crippen molar-refractivity contribution in [1.29, 1.82) is 5.26 Å². The average Bonchev–Trinajstić information content (AvgIpc) is 2.93. The van der Waals surface area contributed by atoms with Crippen LogP contribution in [-0.2, 0) is 16.8 Å². The van der Waals surface area contributed by atoms with Gasteiger partial charge < -0.3 is 9.64 Å². The van der Waals surface area contributed by atoms with Crippen LogP contribution in [-0.4, -0.2) is 19.7 Å². The van der Waals surface area contributed by atoms with Gasteiger partial charge in [-0.3, -0.25) is 0 Å². The molecule has 0 aromatic heterocycles. The highest BCUT2D eigenvalue weighted by atomic mass is 35.5. The first-order chi connectivity index (χ1) is 11.2. The molecule has 1 atom stereocenters. The quantitative estimate of drug-likeness (QED) is 0.798. The normalized spacial score (nSPS) is 22.9. The van der Waals surface area contributed by atoms with E-state index >= 15 is 0 Å². The number of hydrogen-bond donors (Lipinski definition) is 0. The molecule has 0 radical (unpaired) electrons. The third kappa shape index (κ3) is 2.30. The van der Waals surface area contributed by atoms with Crippen molar-refractivity contribution < 1.29 is 4.74 Å². The zero-order chi connectivity index (χ0) is 15.9. The molecule has 2 aromatic carbocycles. The topological polar surface area (TPSA) is 36.3 Å². The maximum Gasteiger partial charge on any atom is 0.111 e. The molecule has 1 spiro atoms. The van der Waals surface area contributed by atoms with Gasteiger partial charge in [0.05, 0.1) is 29.4 Å². The lowest BCUT2D eigenvalue weighted by atomic mass is 9.93. The molecule has 116 valence electrons. The second-order valence-electron chi connectivity index (χ2n) is 6.17. The van der Waals surface area contributed by atoms with Gasteiger partial charge >= 0.3 is 0 Å². The maximum atomic E-state index is 9.42. The molecule has 2 aliphatic rings. The van der Waals surface area contributed by atoms with Crippen molar-refractivity contribution in [3.8, 4) is 6.07 Å². The van der Waals surface area contributed by atoms with Gasteiger partial charge in [0.2, 0.25) is 0 Å². The number of anilines is 1. The van der Waals surface area contributed by atoms with E-state index in [1.165, 1.54) is 11.1 Å². The number of hydrogen-bond acceptors (Lipinski definition) is 3. The molecule has 1 unspecified atom stereocenters. The van der Waals surface area contributed by atoms with Crippen LogP contribution in [0.2, 0.25) is 5.02 Å². The van der Waals surface area contributed by atoms with E-state index < -0.39 is 0 Å². The Morgan fingerprint density at radius 3 is 2.91 bits per heavy atom. The van der Waals surface area contributed by atoms with Gasteiger partial charge in [0, 0.05) is 6.54 Å². The Bertz CT molecular complexity index is 794. The number of rotatable bonds is 1. The minimum absolute atomic E-state index is 0.277. The van der Waals surface area contributed by atoms with E-state index in [4.69, 9.17) is 16.3 Å². The molecular formula is C19H17ClN2O. The molecule has 1 saturated heterocycles. The summed E-state index contributed by atoms with van der Waals surface area (Å²) in [4.78, 5) is 2.21. The summed E-state index contributed by atoms with van der Waals surface area (Å²) in [6.07, 6.45) is 2.02. The number of ether oxygens (including phenoxy) is 1. The van der Waals surface area contributed by atoms with E-state index in [0.29, 0.717) is 17.2 Å². The molecule has 1 aliphatic carbocycles. The standard InChI is InChI=1S/C19H17ClN2O/c20-17-7-3-5-15(12-21)18(17)22-10-11-23-19(13-22)9-8-14-4-1-2-6-16(14)19/h1-7H,8-11,13H2. The smallest absolute Gasteiger partial charge is 0.111 e.